The summed E-state index contributed by atoms with van der Waals surface area (Å²) in [4.78, 5) is 0. The van der Waals surface area contributed by atoms with Gasteiger partial charge in [-0.2, -0.15) is 0 Å². The Morgan fingerprint density at radius 3 is 1.00 bits per heavy atom. The van der Waals surface area contributed by atoms with E-state index in [9.17, 15) is 0 Å². The Balaban J connectivity index is 1.41. The van der Waals surface area contributed by atoms with Crippen LogP contribution in [0.3, 0.4) is 0 Å². The van der Waals surface area contributed by atoms with Crippen molar-refractivity contribution in [2.75, 3.05) is 0 Å². The fraction of sp³-hybridized carbons (Fsp3) is 0.667. The van der Waals surface area contributed by atoms with Crippen LogP contribution in [0.25, 0.3) is 11.1 Å². The average molecular weight is 481 g/mol. The van der Waals surface area contributed by atoms with Crippen molar-refractivity contribution in [2.24, 2.45) is 0 Å². The van der Waals surface area contributed by atoms with E-state index in [0.29, 0.717) is 0 Å². The van der Waals surface area contributed by atoms with Crippen LogP contribution in [0.5, 0.6) is 0 Å². The van der Waals surface area contributed by atoms with Crippen molar-refractivity contribution in [3.05, 3.63) is 58.7 Å². The van der Waals surface area contributed by atoms with E-state index in [1.165, 1.54) is 151 Å². The molecule has 0 amide bonds. The van der Waals surface area contributed by atoms with Crippen molar-refractivity contribution in [1.82, 2.24) is 0 Å². The van der Waals surface area contributed by atoms with Crippen molar-refractivity contribution in [3.63, 3.8) is 0 Å². The van der Waals surface area contributed by atoms with Crippen LogP contribution in [0.4, 0.5) is 0 Å². The highest BCUT2D eigenvalue weighted by molar-refractivity contribution is 5.67. The highest BCUT2D eigenvalue weighted by Crippen LogP contribution is 2.42. The minimum absolute atomic E-state index is 0.723. The summed E-state index contributed by atoms with van der Waals surface area (Å²) in [6.07, 6.45) is 27.9. The van der Waals surface area contributed by atoms with Gasteiger partial charge in [0.2, 0.25) is 0 Å². The summed E-state index contributed by atoms with van der Waals surface area (Å²) in [6, 6.07) is 18.4. The minimum atomic E-state index is 0.723. The SMILES string of the molecule is [c]1c(-c2[c]c(C3CCCCC3)cc(C3CCCCC3)c2)cc(C2CCCCC2)cc1C1CCCCC1. The summed E-state index contributed by atoms with van der Waals surface area (Å²) >= 11 is 0. The lowest BCUT2D eigenvalue weighted by Gasteiger charge is -2.28. The first-order valence-corrected chi connectivity index (χ1v) is 16.0. The Morgan fingerprint density at radius 2 is 0.667 bits per heavy atom. The summed E-state index contributed by atoms with van der Waals surface area (Å²) in [6.45, 7) is 0. The Kier molecular flexibility index (Phi) is 8.17. The number of rotatable bonds is 5. The van der Waals surface area contributed by atoms with Gasteiger partial charge < -0.3 is 0 Å². The van der Waals surface area contributed by atoms with Crippen LogP contribution >= 0.6 is 0 Å². The van der Waals surface area contributed by atoms with Gasteiger partial charge in [-0.15, -0.1) is 0 Å². The van der Waals surface area contributed by atoms with E-state index in [-0.39, 0.29) is 0 Å². The second-order valence-electron chi connectivity index (χ2n) is 12.9. The Hall–Kier alpha value is -1.56. The second-order valence-corrected chi connectivity index (χ2v) is 12.9. The van der Waals surface area contributed by atoms with Gasteiger partial charge in [-0.3, -0.25) is 0 Å². The molecule has 0 heterocycles. The molecule has 0 aromatic heterocycles. The van der Waals surface area contributed by atoms with Crippen LogP contribution < -0.4 is 0 Å². The monoisotopic (exact) mass is 480 g/mol. The van der Waals surface area contributed by atoms with Crippen molar-refractivity contribution in [3.8, 4) is 11.1 Å². The molecule has 192 valence electrons. The van der Waals surface area contributed by atoms with E-state index in [1.54, 1.807) is 11.1 Å². The van der Waals surface area contributed by atoms with Crippen LogP contribution in [0, 0.1) is 12.1 Å². The minimum Gasteiger partial charge on any atom is -0.0546 e. The fourth-order valence-corrected chi connectivity index (χ4v) is 8.13. The topological polar surface area (TPSA) is 0 Å². The first-order chi connectivity index (χ1) is 17.8. The van der Waals surface area contributed by atoms with E-state index < -0.39 is 0 Å². The Labute approximate surface area is 221 Å². The van der Waals surface area contributed by atoms with Gasteiger partial charge in [-0.25, -0.2) is 0 Å². The highest BCUT2D eigenvalue weighted by atomic mass is 14.3. The number of hydrogen-bond acceptors (Lipinski definition) is 0. The van der Waals surface area contributed by atoms with Gasteiger partial charge in [0.05, 0.1) is 0 Å². The largest absolute Gasteiger partial charge is 0.0546 e. The zero-order chi connectivity index (χ0) is 24.2. The van der Waals surface area contributed by atoms with Gasteiger partial charge >= 0.3 is 0 Å². The molecule has 36 heavy (non-hydrogen) atoms. The molecule has 0 saturated heterocycles. The molecule has 0 aliphatic heterocycles. The molecule has 0 heteroatoms. The fourth-order valence-electron chi connectivity index (χ4n) is 8.13. The third-order valence-electron chi connectivity index (χ3n) is 10.4. The van der Waals surface area contributed by atoms with Crippen molar-refractivity contribution in [2.45, 2.75) is 152 Å². The molecule has 4 aliphatic carbocycles. The first kappa shape index (κ1) is 24.8. The zero-order valence-corrected chi connectivity index (χ0v) is 22.8. The number of benzene rings is 2. The second kappa shape index (κ2) is 11.9. The third kappa shape index (κ3) is 5.79. The molecular formula is C36H48. The standard InChI is InChI=1S/C36H48/c1-5-13-27(14-6-1)31-21-32(28-15-7-2-8-16-28)24-35(23-31)36-25-33(29-17-9-3-10-18-29)22-34(26-36)30-19-11-4-12-20-30/h21-23,25,27-30H,1-20H2. The molecule has 0 atom stereocenters. The normalized spacial score (nSPS) is 23.7. The van der Waals surface area contributed by atoms with E-state index in [1.807, 2.05) is 0 Å². The summed E-state index contributed by atoms with van der Waals surface area (Å²) in [5, 5.41) is 0. The molecular weight excluding hydrogens is 432 g/mol. The van der Waals surface area contributed by atoms with Crippen molar-refractivity contribution >= 4 is 0 Å². The van der Waals surface area contributed by atoms with Gasteiger partial charge in [0.25, 0.3) is 0 Å². The van der Waals surface area contributed by atoms with Gasteiger partial charge in [0.15, 0.2) is 0 Å². The Bertz CT molecular complexity index is 821. The maximum absolute atomic E-state index is 4.04. The Morgan fingerprint density at radius 1 is 0.361 bits per heavy atom. The quantitative estimate of drug-likeness (QED) is 0.399. The lowest BCUT2D eigenvalue weighted by molar-refractivity contribution is 0.435. The smallest absolute Gasteiger partial charge is 0.00609 e. The predicted octanol–water partition coefficient (Wildman–Crippen LogP) is 11.1. The van der Waals surface area contributed by atoms with E-state index in [2.05, 4.69) is 36.4 Å². The van der Waals surface area contributed by atoms with Gasteiger partial charge in [-0.05, 0) is 121 Å². The summed E-state index contributed by atoms with van der Waals surface area (Å²) in [5.41, 5.74) is 9.05. The van der Waals surface area contributed by atoms with E-state index in [0.717, 1.165) is 23.7 Å². The highest BCUT2D eigenvalue weighted by Gasteiger charge is 2.24. The third-order valence-corrected chi connectivity index (χ3v) is 10.4. The lowest BCUT2D eigenvalue weighted by Crippen LogP contribution is -2.10. The van der Waals surface area contributed by atoms with Crippen LogP contribution in [-0.4, -0.2) is 0 Å². The molecule has 2 radical (unpaired) electrons. The summed E-state index contributed by atoms with van der Waals surface area (Å²) in [5.74, 6) is 2.96. The van der Waals surface area contributed by atoms with E-state index >= 15 is 0 Å². The molecule has 0 bridgehead atoms. The van der Waals surface area contributed by atoms with Crippen molar-refractivity contribution < 1.29 is 0 Å². The van der Waals surface area contributed by atoms with Crippen LogP contribution in [0.2, 0.25) is 0 Å². The molecule has 0 unspecified atom stereocenters. The van der Waals surface area contributed by atoms with E-state index in [4.69, 9.17) is 0 Å². The van der Waals surface area contributed by atoms with Crippen LogP contribution in [-0.2, 0) is 0 Å². The number of hydrogen-bond donors (Lipinski definition) is 0. The molecule has 4 aliphatic rings. The molecule has 0 nitrogen and oxygen atoms in total. The molecule has 0 N–H and O–H groups in total. The molecule has 2 aromatic rings. The molecule has 4 saturated carbocycles. The molecule has 0 spiro atoms. The molecule has 2 aromatic carbocycles. The zero-order valence-electron chi connectivity index (χ0n) is 22.8. The van der Waals surface area contributed by atoms with Gasteiger partial charge in [-0.1, -0.05) is 101 Å². The summed E-state index contributed by atoms with van der Waals surface area (Å²) in [7, 11) is 0. The molecule has 4 fully saturated rings. The predicted molar refractivity (Wildman–Crippen MR) is 153 cm³/mol. The summed E-state index contributed by atoms with van der Waals surface area (Å²) < 4.78 is 0. The average Bonchev–Trinajstić information content (AvgIpc) is 2.98. The first-order valence-electron chi connectivity index (χ1n) is 16.0. The lowest BCUT2D eigenvalue weighted by atomic mass is 9.77. The van der Waals surface area contributed by atoms with Gasteiger partial charge in [0.1, 0.15) is 0 Å². The maximum atomic E-state index is 4.04. The van der Waals surface area contributed by atoms with Crippen LogP contribution in [0.15, 0.2) is 24.3 Å². The van der Waals surface area contributed by atoms with Gasteiger partial charge in [0, 0.05) is 0 Å². The maximum Gasteiger partial charge on any atom is -0.00609 e. The molecule has 6 rings (SSSR count). The van der Waals surface area contributed by atoms with Crippen molar-refractivity contribution in [1.29, 1.82) is 0 Å². The van der Waals surface area contributed by atoms with Crippen LogP contribution in [0.1, 0.15) is 174 Å².